The Balaban J connectivity index is 1.65. The molecule has 29 heavy (non-hydrogen) atoms. The molecule has 0 saturated heterocycles. The van der Waals surface area contributed by atoms with E-state index in [1.54, 1.807) is 36.4 Å². The minimum absolute atomic E-state index is 0.00673. The summed E-state index contributed by atoms with van der Waals surface area (Å²) in [6.07, 6.45) is 3.20. The Hall–Kier alpha value is -3.55. The highest BCUT2D eigenvalue weighted by atomic mass is 16.6. The summed E-state index contributed by atoms with van der Waals surface area (Å²) in [5.74, 6) is 1.10. The topological polar surface area (TPSA) is 95.5 Å². The number of carbonyl (C=O) groups excluding carboxylic acids is 2. The van der Waals surface area contributed by atoms with Crippen molar-refractivity contribution in [2.24, 2.45) is 11.0 Å². The molecule has 1 amide bonds. The van der Waals surface area contributed by atoms with Gasteiger partial charge in [0.05, 0.1) is 33.5 Å². The van der Waals surface area contributed by atoms with Gasteiger partial charge >= 0.3 is 5.97 Å². The van der Waals surface area contributed by atoms with Gasteiger partial charge in [-0.15, -0.1) is 0 Å². The molecule has 1 aliphatic carbocycles. The lowest BCUT2D eigenvalue weighted by Gasteiger charge is -2.09. The summed E-state index contributed by atoms with van der Waals surface area (Å²) < 4.78 is 21.0. The zero-order valence-electron chi connectivity index (χ0n) is 16.4. The Kier molecular flexibility index (Phi) is 6.33. The fraction of sp³-hybridized carbons (Fsp3) is 0.286. The molecule has 152 valence electrons. The van der Waals surface area contributed by atoms with Gasteiger partial charge in [-0.25, -0.2) is 5.43 Å². The van der Waals surface area contributed by atoms with Crippen LogP contribution < -0.4 is 24.4 Å². The lowest BCUT2D eigenvalue weighted by Crippen LogP contribution is -2.17. The number of benzene rings is 2. The molecule has 0 heterocycles. The normalized spacial score (nSPS) is 13.1. The van der Waals surface area contributed by atoms with Crippen LogP contribution >= 0.6 is 0 Å². The Morgan fingerprint density at radius 2 is 1.59 bits per heavy atom. The number of methoxy groups -OCH3 is 3. The van der Waals surface area contributed by atoms with E-state index in [0.717, 1.165) is 12.8 Å². The molecule has 1 N–H and O–H groups in total. The van der Waals surface area contributed by atoms with Gasteiger partial charge in [0.2, 0.25) is 0 Å². The van der Waals surface area contributed by atoms with Crippen molar-refractivity contribution in [3.05, 3.63) is 47.5 Å². The van der Waals surface area contributed by atoms with Crippen LogP contribution in [0.15, 0.2) is 41.5 Å². The van der Waals surface area contributed by atoms with Crippen LogP contribution in [-0.2, 0) is 4.79 Å². The van der Waals surface area contributed by atoms with Gasteiger partial charge in [-0.1, -0.05) is 0 Å². The first-order valence-corrected chi connectivity index (χ1v) is 9.01. The maximum absolute atomic E-state index is 12.3. The van der Waals surface area contributed by atoms with Crippen LogP contribution in [0, 0.1) is 5.92 Å². The number of hydrazone groups is 1. The third-order valence-electron chi connectivity index (χ3n) is 4.33. The molecular weight excluding hydrogens is 376 g/mol. The molecule has 0 unspecified atom stereocenters. The fourth-order valence-electron chi connectivity index (χ4n) is 2.57. The molecule has 0 atom stereocenters. The van der Waals surface area contributed by atoms with E-state index in [4.69, 9.17) is 18.9 Å². The summed E-state index contributed by atoms with van der Waals surface area (Å²) in [6, 6.07) is 9.83. The Morgan fingerprint density at radius 1 is 0.931 bits per heavy atom. The number of ether oxygens (including phenoxy) is 4. The average Bonchev–Trinajstić information content (AvgIpc) is 3.59. The van der Waals surface area contributed by atoms with E-state index < -0.39 is 5.91 Å². The highest BCUT2D eigenvalue weighted by Crippen LogP contribution is 2.34. The summed E-state index contributed by atoms with van der Waals surface area (Å²) >= 11 is 0. The SMILES string of the molecule is COc1ccc(C(=O)N/N=C\c2ccc(OC(=O)C3CC3)c(OC)c2)cc1OC. The lowest BCUT2D eigenvalue weighted by molar-refractivity contribution is -0.135. The van der Waals surface area contributed by atoms with Crippen molar-refractivity contribution in [3.63, 3.8) is 0 Å². The number of rotatable bonds is 8. The van der Waals surface area contributed by atoms with Gasteiger partial charge in [0.1, 0.15) is 0 Å². The van der Waals surface area contributed by atoms with Gasteiger partial charge in [-0.05, 0) is 54.8 Å². The molecule has 1 saturated carbocycles. The van der Waals surface area contributed by atoms with Crippen molar-refractivity contribution in [2.45, 2.75) is 12.8 Å². The number of esters is 1. The second kappa shape index (κ2) is 9.09. The van der Waals surface area contributed by atoms with Gasteiger partial charge < -0.3 is 18.9 Å². The molecule has 8 nitrogen and oxygen atoms in total. The molecule has 0 bridgehead atoms. The highest BCUT2D eigenvalue weighted by molar-refractivity contribution is 5.95. The minimum Gasteiger partial charge on any atom is -0.493 e. The zero-order chi connectivity index (χ0) is 20.8. The summed E-state index contributed by atoms with van der Waals surface area (Å²) in [6.45, 7) is 0. The first kappa shape index (κ1) is 20.2. The average molecular weight is 398 g/mol. The largest absolute Gasteiger partial charge is 0.493 e. The third-order valence-corrected chi connectivity index (χ3v) is 4.33. The number of amides is 1. The van der Waals surface area contributed by atoms with Crippen LogP contribution in [0.5, 0.6) is 23.0 Å². The highest BCUT2D eigenvalue weighted by Gasteiger charge is 2.32. The van der Waals surface area contributed by atoms with Gasteiger partial charge in [0.15, 0.2) is 23.0 Å². The Morgan fingerprint density at radius 3 is 2.24 bits per heavy atom. The third kappa shape index (κ3) is 5.04. The van der Waals surface area contributed by atoms with E-state index in [1.807, 2.05) is 0 Å². The van der Waals surface area contributed by atoms with E-state index in [-0.39, 0.29) is 11.9 Å². The second-order valence-corrected chi connectivity index (χ2v) is 6.37. The molecule has 1 fully saturated rings. The molecule has 0 aromatic heterocycles. The van der Waals surface area contributed by atoms with Gasteiger partial charge in [0, 0.05) is 5.56 Å². The van der Waals surface area contributed by atoms with E-state index in [0.29, 0.717) is 34.1 Å². The van der Waals surface area contributed by atoms with Gasteiger partial charge in [0.25, 0.3) is 5.91 Å². The Bertz CT molecular complexity index is 937. The van der Waals surface area contributed by atoms with E-state index >= 15 is 0 Å². The van der Waals surface area contributed by atoms with E-state index in [1.165, 1.54) is 27.5 Å². The first-order chi connectivity index (χ1) is 14.0. The van der Waals surface area contributed by atoms with Crippen LogP contribution in [0.3, 0.4) is 0 Å². The smallest absolute Gasteiger partial charge is 0.314 e. The number of carbonyl (C=O) groups is 2. The first-order valence-electron chi connectivity index (χ1n) is 9.01. The summed E-state index contributed by atoms with van der Waals surface area (Å²) in [4.78, 5) is 24.1. The van der Waals surface area contributed by atoms with Gasteiger partial charge in [-0.2, -0.15) is 5.10 Å². The second-order valence-electron chi connectivity index (χ2n) is 6.37. The standard InChI is InChI=1S/C21H22N2O6/c1-26-16-9-7-15(11-19(16)28-3)20(24)23-22-12-13-4-8-17(18(10-13)27-2)29-21(25)14-5-6-14/h4,7-12,14H,5-6H2,1-3H3,(H,23,24)/b22-12-. The summed E-state index contributed by atoms with van der Waals surface area (Å²) in [7, 11) is 4.51. The summed E-state index contributed by atoms with van der Waals surface area (Å²) in [5.41, 5.74) is 3.49. The number of hydrogen-bond acceptors (Lipinski definition) is 7. The molecule has 3 rings (SSSR count). The van der Waals surface area contributed by atoms with Crippen molar-refractivity contribution in [1.82, 2.24) is 5.43 Å². The number of nitrogens with one attached hydrogen (secondary N) is 1. The van der Waals surface area contributed by atoms with Crippen LogP contribution in [0.2, 0.25) is 0 Å². The number of nitrogens with zero attached hydrogens (tertiary/aromatic N) is 1. The molecule has 1 aliphatic rings. The molecule has 0 spiro atoms. The Labute approximate surface area is 168 Å². The predicted octanol–water partition coefficient (Wildman–Crippen LogP) is 2.79. The molecule has 0 aliphatic heterocycles. The van der Waals surface area contributed by atoms with E-state index in [9.17, 15) is 9.59 Å². The monoisotopic (exact) mass is 398 g/mol. The summed E-state index contributed by atoms with van der Waals surface area (Å²) in [5, 5.41) is 3.96. The molecule has 8 heteroatoms. The van der Waals surface area contributed by atoms with Crippen molar-refractivity contribution >= 4 is 18.1 Å². The fourth-order valence-corrected chi connectivity index (χ4v) is 2.57. The van der Waals surface area contributed by atoms with Crippen molar-refractivity contribution < 1.29 is 28.5 Å². The zero-order valence-corrected chi connectivity index (χ0v) is 16.4. The van der Waals surface area contributed by atoms with Crippen LogP contribution in [0.25, 0.3) is 0 Å². The van der Waals surface area contributed by atoms with Crippen LogP contribution in [0.1, 0.15) is 28.8 Å². The number of hydrogen-bond donors (Lipinski definition) is 1. The molecule has 0 radical (unpaired) electrons. The quantitative estimate of drug-likeness (QED) is 0.318. The van der Waals surface area contributed by atoms with Crippen LogP contribution in [0.4, 0.5) is 0 Å². The molecule has 2 aromatic rings. The van der Waals surface area contributed by atoms with Crippen molar-refractivity contribution in [2.75, 3.05) is 21.3 Å². The molecule has 2 aromatic carbocycles. The van der Waals surface area contributed by atoms with Gasteiger partial charge in [-0.3, -0.25) is 9.59 Å². The maximum Gasteiger partial charge on any atom is 0.314 e. The minimum atomic E-state index is -0.399. The maximum atomic E-state index is 12.3. The van der Waals surface area contributed by atoms with Crippen molar-refractivity contribution in [3.8, 4) is 23.0 Å². The molecular formula is C21H22N2O6. The van der Waals surface area contributed by atoms with Crippen LogP contribution in [-0.4, -0.2) is 39.4 Å². The predicted molar refractivity (Wildman–Crippen MR) is 106 cm³/mol. The van der Waals surface area contributed by atoms with E-state index in [2.05, 4.69) is 10.5 Å². The van der Waals surface area contributed by atoms with Crippen molar-refractivity contribution in [1.29, 1.82) is 0 Å². The lowest BCUT2D eigenvalue weighted by atomic mass is 10.2.